The van der Waals surface area contributed by atoms with Gasteiger partial charge in [0.2, 0.25) is 10.0 Å². The number of sulfonamides is 1. The van der Waals surface area contributed by atoms with Gasteiger partial charge in [0.25, 0.3) is 5.69 Å². The van der Waals surface area contributed by atoms with Crippen molar-refractivity contribution >= 4 is 21.4 Å². The number of hydrogen-bond acceptors (Lipinski definition) is 7. The van der Waals surface area contributed by atoms with E-state index in [9.17, 15) is 18.5 Å². The average Bonchev–Trinajstić information content (AvgIpc) is 3.14. The van der Waals surface area contributed by atoms with Gasteiger partial charge in [-0.3, -0.25) is 14.8 Å². The molecule has 4 rings (SSSR count). The van der Waals surface area contributed by atoms with Crippen LogP contribution in [0.5, 0.6) is 0 Å². The lowest BCUT2D eigenvalue weighted by Gasteiger charge is -2.26. The second-order valence-corrected chi connectivity index (χ2v) is 10.1. The topological polar surface area (TPSA) is 120 Å². The molecule has 0 aliphatic carbocycles. The zero-order chi connectivity index (χ0) is 24.3. The fraction of sp³-hybridized carbons (Fsp3) is 0.348. The SMILES string of the molecule is Cc1cc(C)n(Cc2cccc(CNc3ccc(S(=O)(=O)N4CCOCC4)cc3[N+](=O)[O-])c2)n1. The van der Waals surface area contributed by atoms with Gasteiger partial charge in [0.1, 0.15) is 5.69 Å². The molecule has 0 unspecified atom stereocenters. The van der Waals surface area contributed by atoms with Crippen molar-refractivity contribution in [1.29, 1.82) is 0 Å². The van der Waals surface area contributed by atoms with Gasteiger partial charge in [-0.25, -0.2) is 8.42 Å². The Bertz CT molecular complexity index is 1300. The van der Waals surface area contributed by atoms with Gasteiger partial charge in [-0.1, -0.05) is 24.3 Å². The van der Waals surface area contributed by atoms with E-state index in [1.54, 1.807) is 0 Å². The highest BCUT2D eigenvalue weighted by molar-refractivity contribution is 7.89. The molecule has 2 heterocycles. The van der Waals surface area contributed by atoms with Crippen molar-refractivity contribution < 1.29 is 18.1 Å². The second-order valence-electron chi connectivity index (χ2n) is 8.21. The molecule has 1 aliphatic rings. The molecule has 1 aliphatic heterocycles. The molecule has 1 fully saturated rings. The Morgan fingerprint density at radius 1 is 1.09 bits per heavy atom. The van der Waals surface area contributed by atoms with E-state index in [-0.39, 0.29) is 29.4 Å². The molecule has 1 saturated heterocycles. The van der Waals surface area contributed by atoms with E-state index in [1.165, 1.54) is 16.4 Å². The number of anilines is 1. The van der Waals surface area contributed by atoms with Crippen molar-refractivity contribution in [3.05, 3.63) is 81.2 Å². The number of nitrogens with one attached hydrogen (secondary N) is 1. The van der Waals surface area contributed by atoms with Gasteiger partial charge >= 0.3 is 0 Å². The molecular weight excluding hydrogens is 458 g/mol. The van der Waals surface area contributed by atoms with Crippen LogP contribution in [-0.4, -0.2) is 53.7 Å². The van der Waals surface area contributed by atoms with Crippen molar-refractivity contribution in [2.24, 2.45) is 0 Å². The first kappa shape index (κ1) is 23.9. The van der Waals surface area contributed by atoms with Crippen molar-refractivity contribution in [3.63, 3.8) is 0 Å². The number of morpholine rings is 1. The summed E-state index contributed by atoms with van der Waals surface area (Å²) in [6.45, 7) is 6.00. The molecule has 1 N–H and O–H groups in total. The number of ether oxygens (including phenoxy) is 1. The molecule has 0 bridgehead atoms. The summed E-state index contributed by atoms with van der Waals surface area (Å²) >= 11 is 0. The maximum Gasteiger partial charge on any atom is 0.293 e. The molecule has 0 amide bonds. The third kappa shape index (κ3) is 5.27. The van der Waals surface area contributed by atoms with E-state index in [4.69, 9.17) is 4.74 Å². The van der Waals surface area contributed by atoms with Gasteiger partial charge in [0, 0.05) is 31.4 Å². The van der Waals surface area contributed by atoms with Crippen LogP contribution in [0.4, 0.5) is 11.4 Å². The summed E-state index contributed by atoms with van der Waals surface area (Å²) in [6, 6.07) is 13.9. The van der Waals surface area contributed by atoms with Crippen LogP contribution in [0, 0.1) is 24.0 Å². The summed E-state index contributed by atoms with van der Waals surface area (Å²) in [5.41, 5.74) is 4.01. The molecule has 34 heavy (non-hydrogen) atoms. The molecule has 10 nitrogen and oxygen atoms in total. The fourth-order valence-corrected chi connectivity index (χ4v) is 5.38. The number of nitrogens with zero attached hydrogens (tertiary/aromatic N) is 4. The number of aryl methyl sites for hydroxylation is 2. The highest BCUT2D eigenvalue weighted by Gasteiger charge is 2.28. The van der Waals surface area contributed by atoms with E-state index in [0.717, 1.165) is 28.6 Å². The van der Waals surface area contributed by atoms with Crippen LogP contribution in [-0.2, 0) is 27.8 Å². The number of rotatable bonds is 8. The first-order valence-corrected chi connectivity index (χ1v) is 12.4. The van der Waals surface area contributed by atoms with Crippen molar-refractivity contribution in [3.8, 4) is 0 Å². The Morgan fingerprint density at radius 3 is 2.50 bits per heavy atom. The minimum Gasteiger partial charge on any atom is -0.379 e. The first-order chi connectivity index (χ1) is 16.2. The Kier molecular flexibility index (Phi) is 6.96. The molecule has 3 aromatic rings. The van der Waals surface area contributed by atoms with Crippen LogP contribution in [0.1, 0.15) is 22.5 Å². The minimum absolute atomic E-state index is 0.0986. The van der Waals surface area contributed by atoms with Crippen LogP contribution in [0.3, 0.4) is 0 Å². The lowest BCUT2D eigenvalue weighted by Crippen LogP contribution is -2.40. The Hall–Kier alpha value is -3.28. The first-order valence-electron chi connectivity index (χ1n) is 10.9. The van der Waals surface area contributed by atoms with Crippen LogP contribution in [0.15, 0.2) is 53.4 Å². The number of aromatic nitrogens is 2. The van der Waals surface area contributed by atoms with Crippen LogP contribution < -0.4 is 5.32 Å². The fourth-order valence-electron chi connectivity index (χ4n) is 3.95. The van der Waals surface area contributed by atoms with Crippen LogP contribution in [0.25, 0.3) is 0 Å². The number of nitro benzene ring substituents is 1. The molecular formula is C23H27N5O5S. The number of hydrogen-bond donors (Lipinski definition) is 1. The van der Waals surface area contributed by atoms with E-state index >= 15 is 0 Å². The minimum atomic E-state index is -3.83. The average molecular weight is 486 g/mol. The summed E-state index contributed by atoms with van der Waals surface area (Å²) in [6.07, 6.45) is 0. The van der Waals surface area contributed by atoms with Crippen molar-refractivity contribution in [1.82, 2.24) is 14.1 Å². The third-order valence-corrected chi connectivity index (χ3v) is 7.58. The van der Waals surface area contributed by atoms with Gasteiger partial charge in [-0.05, 0) is 43.2 Å². The molecule has 0 spiro atoms. The van der Waals surface area contributed by atoms with Crippen LogP contribution >= 0.6 is 0 Å². The van der Waals surface area contributed by atoms with E-state index in [1.807, 2.05) is 48.9 Å². The summed E-state index contributed by atoms with van der Waals surface area (Å²) in [4.78, 5) is 11.0. The third-order valence-electron chi connectivity index (χ3n) is 5.68. The Morgan fingerprint density at radius 2 is 1.82 bits per heavy atom. The molecule has 0 saturated carbocycles. The molecule has 11 heteroatoms. The highest BCUT2D eigenvalue weighted by atomic mass is 32.2. The zero-order valence-corrected chi connectivity index (χ0v) is 19.9. The molecule has 0 atom stereocenters. The summed E-state index contributed by atoms with van der Waals surface area (Å²) in [7, 11) is -3.83. The smallest absolute Gasteiger partial charge is 0.293 e. The summed E-state index contributed by atoms with van der Waals surface area (Å²) in [5.74, 6) is 0. The molecule has 1 aromatic heterocycles. The lowest BCUT2D eigenvalue weighted by molar-refractivity contribution is -0.384. The lowest BCUT2D eigenvalue weighted by atomic mass is 10.1. The van der Waals surface area contributed by atoms with Crippen LogP contribution in [0.2, 0.25) is 0 Å². The number of nitro groups is 1. The Labute approximate surface area is 198 Å². The predicted octanol–water partition coefficient (Wildman–Crippen LogP) is 3.09. The highest BCUT2D eigenvalue weighted by Crippen LogP contribution is 2.29. The Balaban J connectivity index is 1.51. The van der Waals surface area contributed by atoms with Gasteiger partial charge in [0.05, 0.1) is 35.3 Å². The maximum atomic E-state index is 12.9. The van der Waals surface area contributed by atoms with Gasteiger partial charge in [0.15, 0.2) is 0 Å². The van der Waals surface area contributed by atoms with Gasteiger partial charge < -0.3 is 10.1 Å². The quantitative estimate of drug-likeness (QED) is 0.385. The van der Waals surface area contributed by atoms with Crippen molar-refractivity contribution in [2.45, 2.75) is 31.8 Å². The zero-order valence-electron chi connectivity index (χ0n) is 19.1. The standard InChI is InChI=1S/C23H27N5O5S/c1-17-12-18(2)27(25-17)16-20-5-3-4-19(13-20)15-24-22-7-6-21(14-23(22)28(29)30)34(31,32)26-8-10-33-11-9-26/h3-7,12-14,24H,8-11,15-16H2,1-2H3. The number of benzene rings is 2. The largest absolute Gasteiger partial charge is 0.379 e. The van der Waals surface area contributed by atoms with Gasteiger partial charge in [-0.15, -0.1) is 0 Å². The predicted molar refractivity (Wildman–Crippen MR) is 127 cm³/mol. The van der Waals surface area contributed by atoms with Crippen molar-refractivity contribution in [2.75, 3.05) is 31.6 Å². The maximum absolute atomic E-state index is 12.9. The summed E-state index contributed by atoms with van der Waals surface area (Å²) < 4.78 is 34.2. The summed E-state index contributed by atoms with van der Waals surface area (Å²) in [5, 5.41) is 19.3. The van der Waals surface area contributed by atoms with Gasteiger partial charge in [-0.2, -0.15) is 9.40 Å². The van der Waals surface area contributed by atoms with E-state index in [2.05, 4.69) is 10.4 Å². The molecule has 180 valence electrons. The second kappa shape index (κ2) is 9.92. The van der Waals surface area contributed by atoms with E-state index < -0.39 is 14.9 Å². The van der Waals surface area contributed by atoms with E-state index in [0.29, 0.717) is 26.3 Å². The molecule has 2 aromatic carbocycles. The monoisotopic (exact) mass is 485 g/mol. The molecule has 0 radical (unpaired) electrons. The normalized spacial score (nSPS) is 14.8.